The highest BCUT2D eigenvalue weighted by Crippen LogP contribution is 2.49. The summed E-state index contributed by atoms with van der Waals surface area (Å²) in [6.07, 6.45) is 8.06. The summed E-state index contributed by atoms with van der Waals surface area (Å²) in [6.45, 7) is 9.48. The number of hydrogen-bond donors (Lipinski definition) is 3. The van der Waals surface area contributed by atoms with Crippen LogP contribution in [0.2, 0.25) is 0 Å². The Labute approximate surface area is 317 Å². The molecule has 3 fully saturated rings. The van der Waals surface area contributed by atoms with Gasteiger partial charge in [-0.05, 0) is 90.2 Å². The van der Waals surface area contributed by atoms with Crippen LogP contribution in [0.4, 0.5) is 4.79 Å². The molecule has 14 heteroatoms. The molecule has 3 N–H and O–H groups in total. The summed E-state index contributed by atoms with van der Waals surface area (Å²) in [5, 5.41) is 14.4. The lowest BCUT2D eigenvalue weighted by Crippen LogP contribution is -2.59. The van der Waals surface area contributed by atoms with Gasteiger partial charge >= 0.3 is 6.09 Å². The van der Waals surface area contributed by atoms with E-state index in [0.29, 0.717) is 56.4 Å². The van der Waals surface area contributed by atoms with Crippen LogP contribution in [0.15, 0.2) is 30.4 Å². The minimum absolute atomic E-state index is 0.0373. The number of aromatic nitrogens is 1. The first-order valence-electron chi connectivity index (χ1n) is 19.4. The molecule has 1 aromatic carbocycles. The number of amides is 4. The monoisotopic (exact) mass is 763 g/mol. The van der Waals surface area contributed by atoms with E-state index in [2.05, 4.69) is 16.1 Å². The predicted molar refractivity (Wildman–Crippen MR) is 202 cm³/mol. The molecule has 2 saturated carbocycles. The van der Waals surface area contributed by atoms with Crippen molar-refractivity contribution >= 4 is 44.7 Å². The number of benzene rings is 1. The number of carboxylic acid groups (broad SMARTS) is 1. The van der Waals surface area contributed by atoms with Crippen molar-refractivity contribution in [3.05, 3.63) is 47.2 Å². The van der Waals surface area contributed by atoms with Gasteiger partial charge in [0.2, 0.25) is 21.8 Å². The number of carbonyl (C=O) groups is 4. The molecular formula is C40H53N5O8S. The normalized spacial score (nSPS) is 29.9. The fourth-order valence-corrected chi connectivity index (χ4v) is 9.99. The maximum absolute atomic E-state index is 14.9. The zero-order valence-electron chi connectivity index (χ0n) is 31.9. The van der Waals surface area contributed by atoms with Gasteiger partial charge in [0, 0.05) is 29.8 Å². The first kappa shape index (κ1) is 38.1. The van der Waals surface area contributed by atoms with Crippen LogP contribution in [0.5, 0.6) is 5.75 Å². The fourth-order valence-electron chi connectivity index (χ4n) is 8.67. The summed E-state index contributed by atoms with van der Waals surface area (Å²) >= 11 is 0. The molecule has 7 rings (SSSR count). The van der Waals surface area contributed by atoms with E-state index >= 15 is 0 Å². The van der Waals surface area contributed by atoms with Crippen LogP contribution in [0, 0.1) is 25.7 Å². The number of nitrogens with zero attached hydrogens (tertiary/aromatic N) is 3. The van der Waals surface area contributed by atoms with Crippen LogP contribution in [-0.4, -0.2) is 93.2 Å². The number of pyridine rings is 1. The number of hydrogen-bond acceptors (Lipinski definition) is 8. The third-order valence-corrected chi connectivity index (χ3v) is 14.4. The highest BCUT2D eigenvalue weighted by molar-refractivity contribution is 7.91. The molecule has 4 heterocycles. The Morgan fingerprint density at radius 1 is 1.13 bits per heavy atom. The van der Waals surface area contributed by atoms with Crippen molar-refractivity contribution in [2.24, 2.45) is 11.8 Å². The van der Waals surface area contributed by atoms with Crippen LogP contribution in [0.1, 0.15) is 102 Å². The van der Waals surface area contributed by atoms with E-state index in [1.54, 1.807) is 6.92 Å². The maximum Gasteiger partial charge on any atom is 0.407 e. The number of fused-ring (bicyclic) bond motifs is 5. The zero-order valence-corrected chi connectivity index (χ0v) is 32.8. The Kier molecular flexibility index (Phi) is 9.75. The zero-order chi connectivity index (χ0) is 38.8. The van der Waals surface area contributed by atoms with Gasteiger partial charge in [0.25, 0.3) is 5.91 Å². The predicted octanol–water partition coefficient (Wildman–Crippen LogP) is 4.91. The molecule has 5 atom stereocenters. The van der Waals surface area contributed by atoms with Crippen molar-refractivity contribution in [1.29, 1.82) is 0 Å². The molecule has 292 valence electrons. The van der Waals surface area contributed by atoms with Gasteiger partial charge in [0.05, 0.1) is 22.5 Å². The Morgan fingerprint density at radius 3 is 2.59 bits per heavy atom. The van der Waals surface area contributed by atoms with E-state index in [0.717, 1.165) is 34.9 Å². The van der Waals surface area contributed by atoms with Crippen LogP contribution >= 0.6 is 0 Å². The van der Waals surface area contributed by atoms with Gasteiger partial charge < -0.3 is 20.1 Å². The first-order chi connectivity index (χ1) is 25.5. The summed E-state index contributed by atoms with van der Waals surface area (Å²) in [6, 6.07) is 3.96. The van der Waals surface area contributed by atoms with E-state index < -0.39 is 67.7 Å². The summed E-state index contributed by atoms with van der Waals surface area (Å²) in [5.74, 6) is -1.72. The molecule has 13 nitrogen and oxygen atoms in total. The van der Waals surface area contributed by atoms with E-state index in [4.69, 9.17) is 9.72 Å². The van der Waals surface area contributed by atoms with Crippen molar-refractivity contribution < 1.29 is 37.4 Å². The fraction of sp³-hybridized carbons (Fsp3) is 0.625. The Hall–Kier alpha value is -4.20. The summed E-state index contributed by atoms with van der Waals surface area (Å²) < 4.78 is 34.6. The standard InChI is InChI=1S/C40H53N5O8S/c1-24(2)22-44(37(49)50)31-12-10-8-6-7-9-11-27-20-40(27,36(48)43-54(51,52)38(5)17-18-38)42-34(46)32-21-39(23-45(32)35(31)47)16-15-28-29-19-25(3)13-14-30(29)41-26(4)33(28)53-39/h9,11,13-14,19,24,27,31-32H,6-8,10,12,15-18,20-23H2,1-5H3,(H,42,46)(H,43,48)(H,49,50)/b11-9-/t27-,31+,32+,39-,40-/m1/s1. The van der Waals surface area contributed by atoms with Crippen LogP contribution in [0.3, 0.4) is 0 Å². The number of ether oxygens (including phenoxy) is 1. The molecule has 2 aromatic rings. The molecule has 0 unspecified atom stereocenters. The average Bonchev–Trinajstić information content (AvgIpc) is 4.00. The van der Waals surface area contributed by atoms with Crippen LogP contribution < -0.4 is 14.8 Å². The van der Waals surface area contributed by atoms with Gasteiger partial charge in [-0.15, -0.1) is 0 Å². The summed E-state index contributed by atoms with van der Waals surface area (Å²) in [5.41, 5.74) is 1.16. The Morgan fingerprint density at radius 2 is 1.89 bits per heavy atom. The first-order valence-corrected chi connectivity index (χ1v) is 20.9. The average molecular weight is 764 g/mol. The number of aryl methyl sites for hydroxylation is 3. The molecule has 5 aliphatic rings. The van der Waals surface area contributed by atoms with E-state index in [9.17, 15) is 32.7 Å². The van der Waals surface area contributed by atoms with Gasteiger partial charge in [-0.3, -0.25) is 24.0 Å². The van der Waals surface area contributed by atoms with E-state index in [1.807, 2.05) is 52.0 Å². The minimum atomic E-state index is -3.99. The number of rotatable bonds is 6. The second kappa shape index (κ2) is 13.8. The lowest BCUT2D eigenvalue weighted by Gasteiger charge is -2.37. The molecule has 1 saturated heterocycles. The lowest BCUT2D eigenvalue weighted by atomic mass is 9.87. The van der Waals surface area contributed by atoms with Crippen molar-refractivity contribution in [1.82, 2.24) is 24.8 Å². The van der Waals surface area contributed by atoms with Crippen LogP contribution in [-0.2, 0) is 30.8 Å². The SMILES string of the molecule is Cc1ccc2nc(C)c3c(c2c1)CC[C@]1(C[C@H]2C(=O)N[C@]4(C(=O)NS(=O)(=O)C5(C)CC5)C[C@H]4/C=C\CCCCC[C@H](N(CC(C)C)C(=O)O)C(=O)N2C1)O3. The number of allylic oxidation sites excluding steroid dienone is 1. The third-order valence-electron chi connectivity index (χ3n) is 12.3. The van der Waals surface area contributed by atoms with Gasteiger partial charge in [0.15, 0.2) is 0 Å². The van der Waals surface area contributed by atoms with Crippen molar-refractivity contribution in [3.63, 3.8) is 0 Å². The lowest BCUT2D eigenvalue weighted by molar-refractivity contribution is -0.143. The number of carbonyl (C=O) groups excluding carboxylic acids is 3. The van der Waals surface area contributed by atoms with E-state index in [-0.39, 0.29) is 31.8 Å². The number of nitrogens with one attached hydrogen (secondary N) is 2. The van der Waals surface area contributed by atoms with Gasteiger partial charge in [0.1, 0.15) is 29.0 Å². The Bertz CT molecular complexity index is 2030. The molecule has 2 aliphatic carbocycles. The molecule has 1 spiro atoms. The largest absolute Gasteiger partial charge is 0.483 e. The smallest absolute Gasteiger partial charge is 0.407 e. The highest BCUT2D eigenvalue weighted by atomic mass is 32.2. The molecular weight excluding hydrogens is 711 g/mol. The quantitative estimate of drug-likeness (QED) is 0.345. The van der Waals surface area contributed by atoms with Gasteiger partial charge in [-0.2, -0.15) is 0 Å². The van der Waals surface area contributed by atoms with Crippen molar-refractivity contribution in [2.45, 2.75) is 133 Å². The molecule has 3 aliphatic heterocycles. The highest BCUT2D eigenvalue weighted by Gasteiger charge is 2.64. The van der Waals surface area contributed by atoms with Crippen LogP contribution in [0.25, 0.3) is 10.9 Å². The van der Waals surface area contributed by atoms with E-state index in [1.165, 1.54) is 9.80 Å². The topological polar surface area (TPSA) is 175 Å². The van der Waals surface area contributed by atoms with Gasteiger partial charge in [-0.25, -0.2) is 18.2 Å². The second-order valence-corrected chi connectivity index (χ2v) is 19.3. The summed E-state index contributed by atoms with van der Waals surface area (Å²) in [7, 11) is -3.99. The molecule has 0 radical (unpaired) electrons. The summed E-state index contributed by atoms with van der Waals surface area (Å²) in [4.78, 5) is 63.8. The number of sulfonamides is 1. The Balaban J connectivity index is 1.27. The molecule has 1 aromatic heterocycles. The second-order valence-electron chi connectivity index (χ2n) is 17.1. The van der Waals surface area contributed by atoms with Crippen molar-refractivity contribution in [3.8, 4) is 5.75 Å². The molecule has 54 heavy (non-hydrogen) atoms. The third kappa shape index (κ3) is 6.94. The minimum Gasteiger partial charge on any atom is -0.483 e. The van der Waals surface area contributed by atoms with Crippen molar-refractivity contribution in [2.75, 3.05) is 13.1 Å². The molecule has 4 amide bonds. The maximum atomic E-state index is 14.9. The van der Waals surface area contributed by atoms with Gasteiger partial charge in [-0.1, -0.05) is 50.5 Å². The molecule has 0 bridgehead atoms.